The van der Waals surface area contributed by atoms with E-state index in [-0.39, 0.29) is 48.4 Å². The van der Waals surface area contributed by atoms with Gasteiger partial charge in [0.25, 0.3) is 0 Å². The summed E-state index contributed by atoms with van der Waals surface area (Å²) in [6.45, 7) is 2.11. The zero-order chi connectivity index (χ0) is 33.0. The molecule has 0 unspecified atom stereocenters. The number of carbonyl (C=O) groups excluding carboxylic acids is 2. The number of alkyl halides is 3. The number of aromatic nitrogens is 4. The number of pyridine rings is 1. The van der Waals surface area contributed by atoms with E-state index >= 15 is 4.39 Å². The monoisotopic (exact) mass is 647 g/mol. The van der Waals surface area contributed by atoms with Crippen molar-refractivity contribution in [2.75, 3.05) is 32.3 Å². The summed E-state index contributed by atoms with van der Waals surface area (Å²) < 4.78 is 74.2. The summed E-state index contributed by atoms with van der Waals surface area (Å²) in [5, 5.41) is 8.45. The minimum atomic E-state index is -4.90. The van der Waals surface area contributed by atoms with Crippen LogP contribution in [0, 0.1) is 17.7 Å². The molecule has 2 fully saturated rings. The second-order valence-electron chi connectivity index (χ2n) is 12.1. The second kappa shape index (κ2) is 14.2. The molecule has 248 valence electrons. The van der Waals surface area contributed by atoms with Crippen molar-refractivity contribution in [2.24, 2.45) is 11.8 Å². The molecule has 5 rings (SSSR count). The molecular weight excluding hydrogens is 610 g/mol. The molecule has 0 saturated heterocycles. The number of nitrogens with zero attached hydrogens (tertiary/aromatic N) is 5. The molecule has 0 atom stereocenters. The molecule has 14 heteroatoms. The third-order valence-corrected chi connectivity index (χ3v) is 8.45. The van der Waals surface area contributed by atoms with E-state index in [1.807, 2.05) is 0 Å². The highest BCUT2D eigenvalue weighted by Crippen LogP contribution is 2.41. The average molecular weight is 648 g/mol. The molecule has 46 heavy (non-hydrogen) atoms. The van der Waals surface area contributed by atoms with E-state index in [1.54, 1.807) is 6.20 Å². The zero-order valence-electron chi connectivity index (χ0n) is 25.9. The Kier molecular flexibility index (Phi) is 10.4. The number of benzene rings is 1. The van der Waals surface area contributed by atoms with Gasteiger partial charge in [-0.1, -0.05) is 6.92 Å². The molecule has 10 nitrogen and oxygen atoms in total. The third kappa shape index (κ3) is 7.72. The Morgan fingerprint density at radius 3 is 2.37 bits per heavy atom. The van der Waals surface area contributed by atoms with E-state index < -0.39 is 35.2 Å². The zero-order valence-corrected chi connectivity index (χ0v) is 25.9. The maximum absolute atomic E-state index is 15.7. The Morgan fingerprint density at radius 2 is 1.76 bits per heavy atom. The summed E-state index contributed by atoms with van der Waals surface area (Å²) in [5.74, 6) is -2.51. The third-order valence-electron chi connectivity index (χ3n) is 8.45. The molecule has 0 bridgehead atoms. The summed E-state index contributed by atoms with van der Waals surface area (Å²) in [5.41, 5.74) is -0.500. The van der Waals surface area contributed by atoms with Gasteiger partial charge in [0.2, 0.25) is 11.8 Å². The first-order chi connectivity index (χ1) is 22.0. The smallest absolute Gasteiger partial charge is 0.421 e. The van der Waals surface area contributed by atoms with Crippen molar-refractivity contribution in [3.8, 4) is 11.6 Å². The van der Waals surface area contributed by atoms with Gasteiger partial charge in [0.15, 0.2) is 17.9 Å². The Balaban J connectivity index is 1.46. The summed E-state index contributed by atoms with van der Waals surface area (Å²) in [4.78, 5) is 32.7. The van der Waals surface area contributed by atoms with Crippen LogP contribution in [0.15, 0.2) is 30.6 Å². The Hall–Kier alpha value is -3.91. The number of ether oxygens (including phenoxy) is 3. The quantitative estimate of drug-likeness (QED) is 0.160. The molecule has 0 N–H and O–H groups in total. The molecule has 0 spiro atoms. The molecule has 2 aromatic heterocycles. The van der Waals surface area contributed by atoms with Crippen molar-refractivity contribution in [3.05, 3.63) is 58.8 Å². The number of methoxy groups -OCH3 is 2. The number of hydrogen-bond acceptors (Lipinski definition) is 8. The van der Waals surface area contributed by atoms with Gasteiger partial charge < -0.3 is 19.1 Å². The standard InChI is InChI=1S/C32H37F4N5O5/c1-19-4-6-22(7-5-19)31(43)41(24(17-44-2)18-45-3)28-12-26(33)29(11-23(28)16-42)46-30-25(32(34,35)36)10-20(13-37-30)15-40-38-14-27(39-40)21-8-9-21/h10-14,16,19,21-22,24H,4-9,15,17-18H2,1-3H3. The maximum atomic E-state index is 15.7. The van der Waals surface area contributed by atoms with E-state index in [0.717, 1.165) is 49.6 Å². The van der Waals surface area contributed by atoms with Crippen LogP contribution in [0.5, 0.6) is 11.6 Å². The van der Waals surface area contributed by atoms with Crippen LogP contribution >= 0.6 is 0 Å². The summed E-state index contributed by atoms with van der Waals surface area (Å²) in [7, 11) is 2.89. The molecular formula is C32H37F4N5O5. The first-order valence-corrected chi connectivity index (χ1v) is 15.3. The normalized spacial score (nSPS) is 18.5. The number of amides is 1. The van der Waals surface area contributed by atoms with Gasteiger partial charge in [-0.05, 0) is 62.1 Å². The van der Waals surface area contributed by atoms with Gasteiger partial charge >= 0.3 is 6.18 Å². The SMILES string of the molecule is COCC(COC)N(C(=O)C1CCC(C)CC1)c1cc(F)c(Oc2ncc(Cn3ncc(C4CC4)n3)cc2C(F)(F)F)cc1C=O. The van der Waals surface area contributed by atoms with E-state index in [9.17, 15) is 22.8 Å². The number of carbonyl (C=O) groups is 2. The van der Waals surface area contributed by atoms with Crippen LogP contribution in [-0.2, 0) is 27.0 Å². The van der Waals surface area contributed by atoms with Crippen molar-refractivity contribution in [1.29, 1.82) is 0 Å². The largest absolute Gasteiger partial charge is 0.435 e. The first kappa shape index (κ1) is 33.5. The summed E-state index contributed by atoms with van der Waals surface area (Å²) in [6.07, 6.45) is 3.23. The maximum Gasteiger partial charge on any atom is 0.421 e. The van der Waals surface area contributed by atoms with Gasteiger partial charge in [-0.3, -0.25) is 9.59 Å². The van der Waals surface area contributed by atoms with E-state index in [0.29, 0.717) is 31.0 Å². The van der Waals surface area contributed by atoms with Crippen LogP contribution in [0.4, 0.5) is 23.2 Å². The van der Waals surface area contributed by atoms with Gasteiger partial charge in [0.1, 0.15) is 5.56 Å². The lowest BCUT2D eigenvalue weighted by molar-refractivity contribution is -0.139. The minimum Gasteiger partial charge on any atom is -0.435 e. The minimum absolute atomic E-state index is 0.0298. The highest BCUT2D eigenvalue weighted by molar-refractivity contribution is 6.00. The summed E-state index contributed by atoms with van der Waals surface area (Å²) in [6, 6.07) is 2.03. The number of hydrogen-bond donors (Lipinski definition) is 0. The highest BCUT2D eigenvalue weighted by atomic mass is 19.4. The van der Waals surface area contributed by atoms with Crippen molar-refractivity contribution in [3.63, 3.8) is 0 Å². The van der Waals surface area contributed by atoms with Crippen molar-refractivity contribution in [2.45, 2.75) is 70.1 Å². The second-order valence-corrected chi connectivity index (χ2v) is 12.1. The average Bonchev–Trinajstić information content (AvgIpc) is 3.77. The van der Waals surface area contributed by atoms with E-state index in [1.165, 1.54) is 30.1 Å². The van der Waals surface area contributed by atoms with Crippen LogP contribution in [0.3, 0.4) is 0 Å². The predicted molar refractivity (Wildman–Crippen MR) is 158 cm³/mol. The molecule has 2 aliphatic carbocycles. The Bertz CT molecular complexity index is 1530. The molecule has 1 aromatic carbocycles. The lowest BCUT2D eigenvalue weighted by Gasteiger charge is -2.36. The molecule has 2 saturated carbocycles. The fourth-order valence-electron chi connectivity index (χ4n) is 5.81. The Morgan fingerprint density at radius 1 is 1.07 bits per heavy atom. The Labute approximate surface area is 264 Å². The van der Waals surface area contributed by atoms with Crippen molar-refractivity contribution >= 4 is 17.9 Å². The fourth-order valence-corrected chi connectivity index (χ4v) is 5.81. The number of aldehydes is 1. The van der Waals surface area contributed by atoms with Crippen molar-refractivity contribution < 1.29 is 41.4 Å². The number of halogens is 4. The number of rotatable bonds is 13. The van der Waals surface area contributed by atoms with Crippen LogP contribution in [0.25, 0.3) is 0 Å². The predicted octanol–water partition coefficient (Wildman–Crippen LogP) is 6.18. The van der Waals surface area contributed by atoms with Crippen molar-refractivity contribution in [1.82, 2.24) is 20.0 Å². The topological polar surface area (TPSA) is 109 Å². The van der Waals surface area contributed by atoms with Gasteiger partial charge in [-0.15, -0.1) is 0 Å². The van der Waals surface area contributed by atoms with Gasteiger partial charge in [-0.2, -0.15) is 28.2 Å². The number of anilines is 1. The van der Waals surface area contributed by atoms with E-state index in [2.05, 4.69) is 22.1 Å². The van der Waals surface area contributed by atoms with Gasteiger partial charge in [0, 0.05) is 43.9 Å². The lowest BCUT2D eigenvalue weighted by Crippen LogP contribution is -2.49. The van der Waals surface area contributed by atoms with Crippen LogP contribution < -0.4 is 9.64 Å². The molecule has 2 aliphatic rings. The summed E-state index contributed by atoms with van der Waals surface area (Å²) >= 11 is 0. The first-order valence-electron chi connectivity index (χ1n) is 15.3. The highest BCUT2D eigenvalue weighted by Gasteiger charge is 2.38. The van der Waals surface area contributed by atoms with Crippen LogP contribution in [0.1, 0.15) is 78.5 Å². The molecule has 1 amide bonds. The van der Waals surface area contributed by atoms with Gasteiger partial charge in [0.05, 0.1) is 43.4 Å². The molecule has 0 aliphatic heterocycles. The van der Waals surface area contributed by atoms with Gasteiger partial charge in [-0.25, -0.2) is 9.37 Å². The lowest BCUT2D eigenvalue weighted by atomic mass is 9.82. The molecule has 3 aromatic rings. The van der Waals surface area contributed by atoms with E-state index in [4.69, 9.17) is 14.2 Å². The fraction of sp³-hybridized carbons (Fsp3) is 0.531. The van der Waals surface area contributed by atoms with Crippen LogP contribution in [-0.4, -0.2) is 65.6 Å². The molecule has 0 radical (unpaired) electrons. The van der Waals surface area contributed by atoms with Crippen LogP contribution in [0.2, 0.25) is 0 Å². The molecule has 2 heterocycles.